The maximum absolute atomic E-state index is 12.4. The molecule has 1 amide bonds. The van der Waals surface area contributed by atoms with Gasteiger partial charge in [0.2, 0.25) is 0 Å². The Bertz CT molecular complexity index is 784. The Balaban J connectivity index is 0.00000208. The van der Waals surface area contributed by atoms with Crippen LogP contribution in [-0.2, 0) is 6.42 Å². The van der Waals surface area contributed by atoms with Crippen LogP contribution in [0.3, 0.4) is 0 Å². The number of carbonyl (C=O) groups excluding carboxylic acids is 1. The highest BCUT2D eigenvalue weighted by Gasteiger charge is 2.26. The molecule has 0 fully saturated rings. The topological polar surface area (TPSA) is 53.5 Å². The van der Waals surface area contributed by atoms with Crippen molar-refractivity contribution in [2.75, 3.05) is 0 Å². The van der Waals surface area contributed by atoms with E-state index in [4.69, 9.17) is 4.99 Å². The summed E-state index contributed by atoms with van der Waals surface area (Å²) in [6.45, 7) is 6.10. The molecule has 1 aliphatic rings. The fraction of sp³-hybridized carbons (Fsp3) is 0.263. The molecule has 5 heteroatoms. The number of aryl methyl sites for hydroxylation is 1. The number of fused-ring (bicyclic) bond motifs is 1. The molecule has 0 aromatic heterocycles. The van der Waals surface area contributed by atoms with Crippen LogP contribution >= 0.6 is 12.4 Å². The zero-order chi connectivity index (χ0) is 16.4. The van der Waals surface area contributed by atoms with Gasteiger partial charge in [0, 0.05) is 11.1 Å². The smallest absolute Gasteiger partial charge is 0.269 e. The van der Waals surface area contributed by atoms with Gasteiger partial charge in [-0.15, -0.1) is 12.4 Å². The summed E-state index contributed by atoms with van der Waals surface area (Å²) in [6, 6.07) is 15.7. The molecule has 2 aromatic carbocycles. The molecule has 0 unspecified atom stereocenters. The van der Waals surface area contributed by atoms with Crippen molar-refractivity contribution in [2.24, 2.45) is 4.99 Å². The highest BCUT2D eigenvalue weighted by atomic mass is 35.5. The number of carbonyl (C=O) groups is 1. The Morgan fingerprint density at radius 3 is 2.50 bits per heavy atom. The molecule has 1 aliphatic heterocycles. The third-order valence-corrected chi connectivity index (χ3v) is 3.99. The van der Waals surface area contributed by atoms with Crippen LogP contribution in [0.25, 0.3) is 0 Å². The number of hydrazine groups is 1. The molecule has 2 N–H and O–H groups in total. The molecular weight excluding hydrogens is 322 g/mol. The van der Waals surface area contributed by atoms with E-state index in [1.54, 1.807) is 0 Å². The molecule has 0 saturated carbocycles. The normalized spacial score (nSPS) is 14.7. The number of nitrogens with one attached hydrogen (secondary N) is 2. The van der Waals surface area contributed by atoms with Crippen LogP contribution in [0.5, 0.6) is 0 Å². The average Bonchev–Trinajstić information content (AvgIpc) is 2.51. The highest BCUT2D eigenvalue weighted by Crippen LogP contribution is 2.25. The van der Waals surface area contributed by atoms with E-state index >= 15 is 0 Å². The Hall–Kier alpha value is -2.33. The third-order valence-electron chi connectivity index (χ3n) is 3.99. The third kappa shape index (κ3) is 3.77. The van der Waals surface area contributed by atoms with Crippen molar-refractivity contribution in [1.29, 1.82) is 0 Å². The van der Waals surface area contributed by atoms with Gasteiger partial charge in [0.25, 0.3) is 5.91 Å². The molecule has 3 rings (SSSR count). The second kappa shape index (κ2) is 7.05. The molecule has 0 bridgehead atoms. The first kappa shape index (κ1) is 18.0. The fourth-order valence-electron chi connectivity index (χ4n) is 2.88. The molecule has 0 atom stereocenters. The number of amides is 1. The summed E-state index contributed by atoms with van der Waals surface area (Å²) >= 11 is 0. The quantitative estimate of drug-likeness (QED) is 0.779. The lowest BCUT2D eigenvalue weighted by molar-refractivity contribution is 0.0943. The van der Waals surface area contributed by atoms with Crippen molar-refractivity contribution in [3.63, 3.8) is 0 Å². The van der Waals surface area contributed by atoms with E-state index in [0.29, 0.717) is 11.4 Å². The van der Waals surface area contributed by atoms with Crippen molar-refractivity contribution < 1.29 is 4.79 Å². The molecule has 24 heavy (non-hydrogen) atoms. The number of aliphatic imine (C=N–C) groups is 1. The predicted octanol–water partition coefficient (Wildman–Crippen LogP) is 3.43. The molecule has 1 heterocycles. The van der Waals surface area contributed by atoms with E-state index in [9.17, 15) is 4.79 Å². The van der Waals surface area contributed by atoms with Gasteiger partial charge in [-0.1, -0.05) is 42.5 Å². The fourth-order valence-corrected chi connectivity index (χ4v) is 2.88. The van der Waals surface area contributed by atoms with Crippen LogP contribution in [0.15, 0.2) is 53.5 Å². The van der Waals surface area contributed by atoms with Crippen molar-refractivity contribution in [1.82, 2.24) is 10.9 Å². The molecule has 0 aliphatic carbocycles. The molecular formula is C19H22ClN3O. The minimum Gasteiger partial charge on any atom is -0.281 e. The first-order valence-corrected chi connectivity index (χ1v) is 7.76. The molecule has 2 aromatic rings. The molecule has 0 radical (unpaired) electrons. The Kier molecular flexibility index (Phi) is 5.30. The van der Waals surface area contributed by atoms with Gasteiger partial charge < -0.3 is 0 Å². The summed E-state index contributed by atoms with van der Waals surface area (Å²) in [5.41, 5.74) is 9.46. The second-order valence-corrected chi connectivity index (χ2v) is 6.50. The van der Waals surface area contributed by atoms with Crippen molar-refractivity contribution in [2.45, 2.75) is 32.7 Å². The maximum atomic E-state index is 12.4. The summed E-state index contributed by atoms with van der Waals surface area (Å²) in [4.78, 5) is 17.1. The summed E-state index contributed by atoms with van der Waals surface area (Å²) in [6.07, 6.45) is 0.889. The average molecular weight is 344 g/mol. The van der Waals surface area contributed by atoms with E-state index < -0.39 is 0 Å². The lowest BCUT2D eigenvalue weighted by Crippen LogP contribution is -2.45. The summed E-state index contributed by atoms with van der Waals surface area (Å²) in [7, 11) is 0. The van der Waals surface area contributed by atoms with Gasteiger partial charge in [0.15, 0.2) is 0 Å². The number of benzene rings is 2. The zero-order valence-electron chi connectivity index (χ0n) is 14.1. The van der Waals surface area contributed by atoms with E-state index in [-0.39, 0.29) is 23.9 Å². The van der Waals surface area contributed by atoms with E-state index in [0.717, 1.165) is 17.5 Å². The predicted molar refractivity (Wildman–Crippen MR) is 99.8 cm³/mol. The zero-order valence-corrected chi connectivity index (χ0v) is 14.9. The van der Waals surface area contributed by atoms with Crippen LogP contribution in [0.2, 0.25) is 0 Å². The first-order valence-electron chi connectivity index (χ1n) is 7.76. The SMILES string of the molecule is Cc1ccccc1C(=O)NNC1=NC(C)(C)Cc2ccccc21.Cl. The number of nitrogens with zero attached hydrogens (tertiary/aromatic N) is 1. The van der Waals surface area contributed by atoms with Gasteiger partial charge in [-0.25, -0.2) is 0 Å². The summed E-state index contributed by atoms with van der Waals surface area (Å²) in [5, 5.41) is 0. The Morgan fingerprint density at radius 1 is 1.08 bits per heavy atom. The largest absolute Gasteiger partial charge is 0.281 e. The number of hydrogen-bond donors (Lipinski definition) is 2. The van der Waals surface area contributed by atoms with E-state index in [2.05, 4.69) is 30.8 Å². The van der Waals surface area contributed by atoms with Crippen LogP contribution in [-0.4, -0.2) is 17.3 Å². The highest BCUT2D eigenvalue weighted by molar-refractivity contribution is 6.03. The Labute approximate surface area is 148 Å². The second-order valence-electron chi connectivity index (χ2n) is 6.50. The van der Waals surface area contributed by atoms with Gasteiger partial charge in [-0.3, -0.25) is 20.6 Å². The first-order chi connectivity index (χ1) is 11.0. The van der Waals surface area contributed by atoms with Crippen LogP contribution in [0.1, 0.15) is 40.9 Å². The minimum atomic E-state index is -0.190. The van der Waals surface area contributed by atoms with Gasteiger partial charge in [0.05, 0.1) is 5.54 Å². The van der Waals surface area contributed by atoms with Gasteiger partial charge in [-0.2, -0.15) is 0 Å². The number of hydrogen-bond acceptors (Lipinski definition) is 3. The van der Waals surface area contributed by atoms with Gasteiger partial charge in [-0.05, 0) is 44.4 Å². The lowest BCUT2D eigenvalue weighted by atomic mass is 9.89. The van der Waals surface area contributed by atoms with Crippen molar-refractivity contribution in [3.05, 3.63) is 70.8 Å². The molecule has 0 spiro atoms. The Morgan fingerprint density at radius 2 is 1.75 bits per heavy atom. The standard InChI is InChI=1S/C19H21N3O.ClH/c1-13-8-4-6-10-15(13)18(23)22-21-17-16-11-7-5-9-14(16)12-19(2,3)20-17;/h4-11H,12H2,1-3H3,(H,20,21)(H,22,23);1H. The van der Waals surface area contributed by atoms with Crippen LogP contribution in [0, 0.1) is 6.92 Å². The van der Waals surface area contributed by atoms with Gasteiger partial charge in [0.1, 0.15) is 5.84 Å². The number of rotatable bonds is 1. The lowest BCUT2D eigenvalue weighted by Gasteiger charge is -2.29. The monoisotopic (exact) mass is 343 g/mol. The molecule has 4 nitrogen and oxygen atoms in total. The van der Waals surface area contributed by atoms with Crippen LogP contribution in [0.4, 0.5) is 0 Å². The van der Waals surface area contributed by atoms with E-state index in [1.807, 2.05) is 49.4 Å². The molecule has 126 valence electrons. The van der Waals surface area contributed by atoms with Crippen LogP contribution < -0.4 is 10.9 Å². The maximum Gasteiger partial charge on any atom is 0.269 e. The summed E-state index contributed by atoms with van der Waals surface area (Å²) in [5.74, 6) is 0.547. The number of amidine groups is 1. The minimum absolute atomic E-state index is 0. The van der Waals surface area contributed by atoms with Crippen molar-refractivity contribution in [3.8, 4) is 0 Å². The van der Waals surface area contributed by atoms with Gasteiger partial charge >= 0.3 is 0 Å². The van der Waals surface area contributed by atoms with Crippen molar-refractivity contribution >= 4 is 24.1 Å². The molecule has 0 saturated heterocycles. The number of halogens is 1. The van der Waals surface area contributed by atoms with E-state index in [1.165, 1.54) is 5.56 Å². The summed E-state index contributed by atoms with van der Waals surface area (Å²) < 4.78 is 0.